The average Bonchev–Trinajstić information content (AvgIpc) is 3.08. The summed E-state index contributed by atoms with van der Waals surface area (Å²) < 4.78 is 14.1. The lowest BCUT2D eigenvalue weighted by atomic mass is 10.2. The zero-order valence-electron chi connectivity index (χ0n) is 11.6. The summed E-state index contributed by atoms with van der Waals surface area (Å²) >= 11 is 0. The van der Waals surface area contributed by atoms with E-state index in [1.54, 1.807) is 12.3 Å². The van der Waals surface area contributed by atoms with Crippen LogP contribution in [0, 0.1) is 12.7 Å². The van der Waals surface area contributed by atoms with Crippen LogP contribution in [0.4, 0.5) is 15.8 Å². The van der Waals surface area contributed by atoms with E-state index in [0.717, 1.165) is 43.1 Å². The van der Waals surface area contributed by atoms with Crippen LogP contribution < -0.4 is 10.2 Å². The van der Waals surface area contributed by atoms with Crippen molar-refractivity contribution in [2.75, 3.05) is 23.3 Å². The molecule has 1 aliphatic rings. The van der Waals surface area contributed by atoms with E-state index in [-0.39, 0.29) is 5.82 Å². The molecule has 1 fully saturated rings. The Hall–Kier alpha value is -2.04. The van der Waals surface area contributed by atoms with Crippen molar-refractivity contribution in [3.05, 3.63) is 41.7 Å². The first-order chi connectivity index (χ1) is 9.72. The lowest BCUT2D eigenvalue weighted by Gasteiger charge is -2.19. The molecule has 5 heteroatoms. The van der Waals surface area contributed by atoms with Gasteiger partial charge in [-0.15, -0.1) is 0 Å². The van der Waals surface area contributed by atoms with Crippen LogP contribution >= 0.6 is 0 Å². The molecule has 0 amide bonds. The molecule has 0 unspecified atom stereocenters. The van der Waals surface area contributed by atoms with E-state index in [4.69, 9.17) is 0 Å². The minimum Gasteiger partial charge on any atom is -0.379 e. The second-order valence-electron chi connectivity index (χ2n) is 5.21. The van der Waals surface area contributed by atoms with Gasteiger partial charge >= 0.3 is 0 Å². The van der Waals surface area contributed by atoms with Gasteiger partial charge in [-0.05, 0) is 38.0 Å². The molecule has 20 heavy (non-hydrogen) atoms. The van der Waals surface area contributed by atoms with Crippen molar-refractivity contribution in [2.45, 2.75) is 26.3 Å². The normalized spacial score (nSPS) is 14.8. The molecule has 3 rings (SSSR count). The van der Waals surface area contributed by atoms with Gasteiger partial charge < -0.3 is 15.2 Å². The highest BCUT2D eigenvalue weighted by Gasteiger charge is 2.16. The van der Waals surface area contributed by atoms with Crippen molar-refractivity contribution >= 4 is 11.4 Å². The fourth-order valence-corrected chi connectivity index (χ4v) is 2.59. The summed E-state index contributed by atoms with van der Waals surface area (Å²) in [6.07, 6.45) is 4.09. The SMILES string of the molecule is Cc1ncc(CNc2ccc(N3CCCC3)c(F)c2)[nH]1. The number of nitrogens with one attached hydrogen (secondary N) is 2. The summed E-state index contributed by atoms with van der Waals surface area (Å²) in [6.45, 7) is 4.44. The third kappa shape index (κ3) is 2.76. The highest BCUT2D eigenvalue weighted by atomic mass is 19.1. The molecule has 4 nitrogen and oxygen atoms in total. The third-order valence-corrected chi connectivity index (χ3v) is 3.63. The Bertz CT molecular complexity index is 587. The molecule has 1 saturated heterocycles. The fourth-order valence-electron chi connectivity index (χ4n) is 2.59. The Balaban J connectivity index is 1.67. The second kappa shape index (κ2) is 5.53. The molecule has 0 aliphatic carbocycles. The Morgan fingerprint density at radius 2 is 2.15 bits per heavy atom. The van der Waals surface area contributed by atoms with Crippen molar-refractivity contribution in [3.8, 4) is 0 Å². The zero-order chi connectivity index (χ0) is 13.9. The van der Waals surface area contributed by atoms with E-state index in [0.29, 0.717) is 12.2 Å². The molecule has 1 aliphatic heterocycles. The number of aromatic nitrogens is 2. The Kier molecular flexibility index (Phi) is 3.58. The lowest BCUT2D eigenvalue weighted by Crippen LogP contribution is -2.18. The summed E-state index contributed by atoms with van der Waals surface area (Å²) in [4.78, 5) is 9.39. The third-order valence-electron chi connectivity index (χ3n) is 3.63. The molecule has 0 radical (unpaired) electrons. The quantitative estimate of drug-likeness (QED) is 0.900. The number of anilines is 2. The molecule has 1 aromatic heterocycles. The number of rotatable bonds is 4. The van der Waals surface area contributed by atoms with Crippen LogP contribution in [0.15, 0.2) is 24.4 Å². The minimum absolute atomic E-state index is 0.155. The molecule has 2 N–H and O–H groups in total. The summed E-state index contributed by atoms with van der Waals surface area (Å²) in [5.41, 5.74) is 2.50. The molecule has 0 atom stereocenters. The van der Waals surface area contributed by atoms with Gasteiger partial charge in [-0.25, -0.2) is 9.37 Å². The number of nitrogens with zero attached hydrogens (tertiary/aromatic N) is 2. The largest absolute Gasteiger partial charge is 0.379 e. The number of hydrogen-bond acceptors (Lipinski definition) is 3. The number of aromatic amines is 1. The number of aryl methyl sites for hydroxylation is 1. The fraction of sp³-hybridized carbons (Fsp3) is 0.400. The maximum atomic E-state index is 14.1. The first kappa shape index (κ1) is 13.0. The van der Waals surface area contributed by atoms with Crippen molar-refractivity contribution in [1.29, 1.82) is 0 Å². The molecule has 2 aromatic rings. The molecule has 106 valence electrons. The van der Waals surface area contributed by atoms with Crippen LogP contribution in [0.1, 0.15) is 24.4 Å². The van der Waals surface area contributed by atoms with Crippen molar-refractivity contribution in [2.24, 2.45) is 0 Å². The number of halogens is 1. The molecule has 0 spiro atoms. The predicted octanol–water partition coefficient (Wildman–Crippen LogP) is 3.07. The Morgan fingerprint density at radius 1 is 1.35 bits per heavy atom. The van der Waals surface area contributed by atoms with E-state index >= 15 is 0 Å². The molecular formula is C15H19FN4. The Labute approximate surface area is 118 Å². The summed E-state index contributed by atoms with van der Waals surface area (Å²) in [7, 11) is 0. The van der Waals surface area contributed by atoms with Crippen LogP contribution in [-0.2, 0) is 6.54 Å². The van der Waals surface area contributed by atoms with Gasteiger partial charge in [0.2, 0.25) is 0 Å². The van der Waals surface area contributed by atoms with Gasteiger partial charge in [0, 0.05) is 18.8 Å². The topological polar surface area (TPSA) is 44.0 Å². The van der Waals surface area contributed by atoms with E-state index in [1.165, 1.54) is 0 Å². The highest BCUT2D eigenvalue weighted by Crippen LogP contribution is 2.26. The number of imidazole rings is 1. The lowest BCUT2D eigenvalue weighted by molar-refractivity contribution is 0.623. The minimum atomic E-state index is -0.155. The monoisotopic (exact) mass is 274 g/mol. The molecule has 2 heterocycles. The Morgan fingerprint density at radius 3 is 2.80 bits per heavy atom. The van der Waals surface area contributed by atoms with E-state index in [9.17, 15) is 4.39 Å². The van der Waals surface area contributed by atoms with Gasteiger partial charge in [0.1, 0.15) is 11.6 Å². The van der Waals surface area contributed by atoms with Crippen molar-refractivity contribution in [1.82, 2.24) is 9.97 Å². The second-order valence-corrected chi connectivity index (χ2v) is 5.21. The van der Waals surface area contributed by atoms with Crippen molar-refractivity contribution in [3.63, 3.8) is 0 Å². The van der Waals surface area contributed by atoms with Crippen LogP contribution in [0.3, 0.4) is 0 Å². The smallest absolute Gasteiger partial charge is 0.148 e. The van der Waals surface area contributed by atoms with Gasteiger partial charge in [-0.3, -0.25) is 0 Å². The standard InChI is InChI=1S/C15H19FN4/c1-11-17-9-13(19-11)10-18-12-4-5-15(14(16)8-12)20-6-2-3-7-20/h4-5,8-9,18H,2-3,6-7,10H2,1H3,(H,17,19). The average molecular weight is 274 g/mol. The first-order valence-electron chi connectivity index (χ1n) is 7.01. The van der Waals surface area contributed by atoms with Crippen LogP contribution in [-0.4, -0.2) is 23.1 Å². The summed E-state index contributed by atoms with van der Waals surface area (Å²) in [5.74, 6) is 0.732. The first-order valence-corrected chi connectivity index (χ1v) is 7.01. The van der Waals surface area contributed by atoms with Crippen LogP contribution in [0.5, 0.6) is 0 Å². The van der Waals surface area contributed by atoms with E-state index in [1.807, 2.05) is 19.1 Å². The maximum absolute atomic E-state index is 14.1. The van der Waals surface area contributed by atoms with Gasteiger partial charge in [0.15, 0.2) is 0 Å². The molecule has 1 aromatic carbocycles. The molecule has 0 saturated carbocycles. The molecule has 0 bridgehead atoms. The van der Waals surface area contributed by atoms with Crippen LogP contribution in [0.25, 0.3) is 0 Å². The van der Waals surface area contributed by atoms with Crippen LogP contribution in [0.2, 0.25) is 0 Å². The number of benzene rings is 1. The number of H-pyrrole nitrogens is 1. The predicted molar refractivity (Wildman–Crippen MR) is 78.5 cm³/mol. The summed E-state index contributed by atoms with van der Waals surface area (Å²) in [6, 6.07) is 5.36. The van der Waals surface area contributed by atoms with Gasteiger partial charge in [0.25, 0.3) is 0 Å². The van der Waals surface area contributed by atoms with Gasteiger partial charge in [0.05, 0.1) is 24.1 Å². The number of hydrogen-bond donors (Lipinski definition) is 2. The zero-order valence-corrected chi connectivity index (χ0v) is 11.6. The highest BCUT2D eigenvalue weighted by molar-refractivity contribution is 5.56. The van der Waals surface area contributed by atoms with E-state index in [2.05, 4.69) is 20.2 Å². The van der Waals surface area contributed by atoms with Gasteiger partial charge in [-0.2, -0.15) is 0 Å². The maximum Gasteiger partial charge on any atom is 0.148 e. The van der Waals surface area contributed by atoms with E-state index < -0.39 is 0 Å². The molecular weight excluding hydrogens is 255 g/mol. The summed E-state index contributed by atoms with van der Waals surface area (Å²) in [5, 5.41) is 3.20. The van der Waals surface area contributed by atoms with Gasteiger partial charge in [-0.1, -0.05) is 0 Å². The van der Waals surface area contributed by atoms with Crippen molar-refractivity contribution < 1.29 is 4.39 Å².